The van der Waals surface area contributed by atoms with Crippen LogP contribution in [-0.4, -0.2) is 0 Å². The lowest BCUT2D eigenvalue weighted by Gasteiger charge is -2.19. The average molecular weight is 266 g/mol. The molecule has 0 amide bonds. The van der Waals surface area contributed by atoms with E-state index >= 15 is 0 Å². The van der Waals surface area contributed by atoms with Gasteiger partial charge < -0.3 is 10.5 Å². The molecule has 2 rings (SSSR count). The fourth-order valence-electron chi connectivity index (χ4n) is 1.87. The predicted octanol–water partition coefficient (Wildman–Crippen LogP) is 4.23. The lowest BCUT2D eigenvalue weighted by atomic mass is 9.87. The SMILES string of the molecule is CC(C)(C)c1ccc(Oc2ccc(C#N)c(N)c2)cc1. The molecule has 0 bridgehead atoms. The largest absolute Gasteiger partial charge is 0.457 e. The van der Waals surface area contributed by atoms with Crippen LogP contribution in [0.25, 0.3) is 0 Å². The third-order valence-electron chi connectivity index (χ3n) is 3.10. The van der Waals surface area contributed by atoms with Crippen LogP contribution in [0.2, 0.25) is 0 Å². The van der Waals surface area contributed by atoms with Gasteiger partial charge in [-0.3, -0.25) is 0 Å². The number of hydrogen-bond acceptors (Lipinski definition) is 3. The van der Waals surface area contributed by atoms with Gasteiger partial charge in [0.05, 0.1) is 11.3 Å². The van der Waals surface area contributed by atoms with Gasteiger partial charge in [0.2, 0.25) is 0 Å². The van der Waals surface area contributed by atoms with Crippen LogP contribution in [0, 0.1) is 11.3 Å². The van der Waals surface area contributed by atoms with Crippen LogP contribution in [0.1, 0.15) is 31.9 Å². The van der Waals surface area contributed by atoms with Crippen molar-refractivity contribution in [2.75, 3.05) is 5.73 Å². The van der Waals surface area contributed by atoms with E-state index in [1.54, 1.807) is 18.2 Å². The molecule has 102 valence electrons. The summed E-state index contributed by atoms with van der Waals surface area (Å²) in [6.07, 6.45) is 0. The van der Waals surface area contributed by atoms with Crippen LogP contribution in [-0.2, 0) is 5.41 Å². The summed E-state index contributed by atoms with van der Waals surface area (Å²) in [7, 11) is 0. The van der Waals surface area contributed by atoms with Crippen LogP contribution in [0.3, 0.4) is 0 Å². The standard InChI is InChI=1S/C17H18N2O/c1-17(2,3)13-5-8-14(9-6-13)20-15-7-4-12(11-18)16(19)10-15/h4-10H,19H2,1-3H3. The minimum atomic E-state index is 0.122. The molecule has 0 fully saturated rings. The van der Waals surface area contributed by atoms with E-state index in [1.165, 1.54) is 5.56 Å². The molecular weight excluding hydrogens is 248 g/mol. The fourth-order valence-corrected chi connectivity index (χ4v) is 1.87. The quantitative estimate of drug-likeness (QED) is 0.827. The number of ether oxygens (including phenoxy) is 1. The van der Waals surface area contributed by atoms with E-state index in [1.807, 2.05) is 18.2 Å². The zero-order valence-corrected chi connectivity index (χ0v) is 12.0. The topological polar surface area (TPSA) is 59.0 Å². The normalized spacial score (nSPS) is 10.9. The van der Waals surface area contributed by atoms with Gasteiger partial charge in [0.15, 0.2) is 0 Å². The van der Waals surface area contributed by atoms with E-state index in [4.69, 9.17) is 15.7 Å². The van der Waals surface area contributed by atoms with Crippen molar-refractivity contribution in [2.45, 2.75) is 26.2 Å². The molecule has 20 heavy (non-hydrogen) atoms. The molecule has 0 atom stereocenters. The maximum atomic E-state index is 8.83. The van der Waals surface area contributed by atoms with Gasteiger partial charge in [0.1, 0.15) is 17.6 Å². The monoisotopic (exact) mass is 266 g/mol. The summed E-state index contributed by atoms with van der Waals surface area (Å²) < 4.78 is 5.74. The van der Waals surface area contributed by atoms with Crippen LogP contribution < -0.4 is 10.5 Å². The summed E-state index contributed by atoms with van der Waals surface area (Å²) in [5.41, 5.74) is 8.03. The van der Waals surface area contributed by atoms with Crippen LogP contribution in [0.15, 0.2) is 42.5 Å². The molecule has 0 aliphatic heterocycles. The van der Waals surface area contributed by atoms with Gasteiger partial charge in [-0.2, -0.15) is 5.26 Å². The Kier molecular flexibility index (Phi) is 3.67. The maximum absolute atomic E-state index is 8.83. The highest BCUT2D eigenvalue weighted by Gasteiger charge is 2.13. The van der Waals surface area contributed by atoms with Crippen molar-refractivity contribution in [1.29, 1.82) is 5.26 Å². The lowest BCUT2D eigenvalue weighted by Crippen LogP contribution is -2.10. The van der Waals surface area contributed by atoms with Gasteiger partial charge in [0.25, 0.3) is 0 Å². The molecule has 0 aliphatic carbocycles. The predicted molar refractivity (Wildman–Crippen MR) is 80.8 cm³/mol. The Labute approximate surface area is 119 Å². The molecule has 0 spiro atoms. The second-order valence-corrected chi connectivity index (χ2v) is 5.74. The molecule has 2 N–H and O–H groups in total. The highest BCUT2D eigenvalue weighted by molar-refractivity contribution is 5.57. The summed E-state index contributed by atoms with van der Waals surface area (Å²) in [6.45, 7) is 6.51. The van der Waals surface area contributed by atoms with Crippen molar-refractivity contribution in [3.05, 3.63) is 53.6 Å². The Balaban J connectivity index is 2.19. The van der Waals surface area contributed by atoms with E-state index < -0.39 is 0 Å². The Hall–Kier alpha value is -2.47. The van der Waals surface area contributed by atoms with Crippen molar-refractivity contribution in [1.82, 2.24) is 0 Å². The summed E-state index contributed by atoms with van der Waals surface area (Å²) in [5, 5.41) is 8.83. The summed E-state index contributed by atoms with van der Waals surface area (Å²) in [6, 6.07) is 15.1. The molecule has 0 heterocycles. The number of nitrogens with two attached hydrogens (primary N) is 1. The first kappa shape index (κ1) is 14.0. The minimum Gasteiger partial charge on any atom is -0.457 e. The number of nitrogen functional groups attached to an aromatic ring is 1. The summed E-state index contributed by atoms with van der Waals surface area (Å²) >= 11 is 0. The molecule has 3 heteroatoms. The number of anilines is 1. The third kappa shape index (κ3) is 3.10. The first-order valence-electron chi connectivity index (χ1n) is 6.48. The van der Waals surface area contributed by atoms with Gasteiger partial charge in [0, 0.05) is 6.07 Å². The van der Waals surface area contributed by atoms with Crippen molar-refractivity contribution >= 4 is 5.69 Å². The smallest absolute Gasteiger partial charge is 0.129 e. The summed E-state index contributed by atoms with van der Waals surface area (Å²) in [4.78, 5) is 0. The lowest BCUT2D eigenvalue weighted by molar-refractivity contribution is 0.481. The Morgan fingerprint density at radius 1 is 1.00 bits per heavy atom. The number of benzene rings is 2. The minimum absolute atomic E-state index is 0.122. The van der Waals surface area contributed by atoms with Crippen molar-refractivity contribution in [3.8, 4) is 17.6 Å². The summed E-state index contributed by atoms with van der Waals surface area (Å²) in [5.74, 6) is 1.38. The number of hydrogen-bond donors (Lipinski definition) is 1. The van der Waals surface area contributed by atoms with Crippen molar-refractivity contribution in [3.63, 3.8) is 0 Å². The zero-order chi connectivity index (χ0) is 14.8. The molecule has 0 aliphatic rings. The van der Waals surface area contributed by atoms with Crippen molar-refractivity contribution in [2.24, 2.45) is 0 Å². The number of nitriles is 1. The van der Waals surface area contributed by atoms with Crippen LogP contribution in [0.4, 0.5) is 5.69 Å². The molecule has 0 unspecified atom stereocenters. The zero-order valence-electron chi connectivity index (χ0n) is 12.0. The van der Waals surface area contributed by atoms with E-state index in [0.717, 1.165) is 5.75 Å². The van der Waals surface area contributed by atoms with Crippen LogP contribution in [0.5, 0.6) is 11.5 Å². The van der Waals surface area contributed by atoms with Crippen molar-refractivity contribution < 1.29 is 4.74 Å². The highest BCUT2D eigenvalue weighted by Crippen LogP contribution is 2.28. The van der Waals surface area contributed by atoms with E-state index in [-0.39, 0.29) is 5.41 Å². The van der Waals surface area contributed by atoms with Gasteiger partial charge in [-0.15, -0.1) is 0 Å². The molecule has 2 aromatic carbocycles. The first-order chi connectivity index (χ1) is 9.40. The number of rotatable bonds is 2. The molecule has 2 aromatic rings. The van der Waals surface area contributed by atoms with Gasteiger partial charge >= 0.3 is 0 Å². The molecular formula is C17H18N2O. The van der Waals surface area contributed by atoms with Crippen LogP contribution >= 0.6 is 0 Å². The molecule has 3 nitrogen and oxygen atoms in total. The fraction of sp³-hybridized carbons (Fsp3) is 0.235. The molecule has 0 radical (unpaired) electrons. The second kappa shape index (κ2) is 5.26. The highest BCUT2D eigenvalue weighted by atomic mass is 16.5. The second-order valence-electron chi connectivity index (χ2n) is 5.74. The van der Waals surface area contributed by atoms with Gasteiger partial charge in [-0.05, 0) is 35.2 Å². The van der Waals surface area contributed by atoms with E-state index in [2.05, 4.69) is 32.9 Å². The Morgan fingerprint density at radius 2 is 1.60 bits per heavy atom. The molecule has 0 aromatic heterocycles. The molecule has 0 saturated carbocycles. The Morgan fingerprint density at radius 3 is 2.10 bits per heavy atom. The van der Waals surface area contributed by atoms with E-state index in [9.17, 15) is 0 Å². The molecule has 0 saturated heterocycles. The number of nitrogens with zero attached hydrogens (tertiary/aromatic N) is 1. The first-order valence-corrected chi connectivity index (χ1v) is 6.48. The average Bonchev–Trinajstić information content (AvgIpc) is 2.38. The third-order valence-corrected chi connectivity index (χ3v) is 3.10. The maximum Gasteiger partial charge on any atom is 0.129 e. The van der Waals surface area contributed by atoms with Gasteiger partial charge in [-0.1, -0.05) is 32.9 Å². The Bertz CT molecular complexity index is 646. The van der Waals surface area contributed by atoms with Gasteiger partial charge in [-0.25, -0.2) is 0 Å². The van der Waals surface area contributed by atoms with E-state index in [0.29, 0.717) is 17.0 Å².